The predicted molar refractivity (Wildman–Crippen MR) is 72.2 cm³/mol. The summed E-state index contributed by atoms with van der Waals surface area (Å²) in [6, 6.07) is 5.71. The minimum atomic E-state index is 0. The maximum atomic E-state index is 8.85. The van der Waals surface area contributed by atoms with E-state index in [2.05, 4.69) is 4.98 Å². The smallest absolute Gasteiger partial charge is 0.130 e. The summed E-state index contributed by atoms with van der Waals surface area (Å²) in [5.41, 5.74) is 0. The van der Waals surface area contributed by atoms with E-state index in [4.69, 9.17) is 10.2 Å². The molecule has 0 saturated carbocycles. The van der Waals surface area contributed by atoms with Crippen LogP contribution in [0.4, 0.5) is 11.6 Å². The summed E-state index contributed by atoms with van der Waals surface area (Å²) in [6.45, 7) is 1.32. The quantitative estimate of drug-likeness (QED) is 0.774. The van der Waals surface area contributed by atoms with Gasteiger partial charge in [-0.15, -0.1) is 12.4 Å². The lowest BCUT2D eigenvalue weighted by atomic mass is 10.4. The van der Waals surface area contributed by atoms with E-state index in [0.29, 0.717) is 13.1 Å². The van der Waals surface area contributed by atoms with Crippen LogP contribution in [0.15, 0.2) is 18.2 Å². The molecule has 1 aromatic heterocycles. The first-order valence-corrected chi connectivity index (χ1v) is 5.30. The second-order valence-electron chi connectivity index (χ2n) is 3.64. The summed E-state index contributed by atoms with van der Waals surface area (Å²) in [5.74, 6) is 1.63. The monoisotopic (exact) mass is 261 g/mol. The van der Waals surface area contributed by atoms with Gasteiger partial charge in [0, 0.05) is 27.2 Å². The Morgan fingerprint density at radius 3 is 1.76 bits per heavy atom. The maximum Gasteiger partial charge on any atom is 0.130 e. The zero-order valence-electron chi connectivity index (χ0n) is 10.2. The Balaban J connectivity index is 0.00000256. The molecule has 5 nitrogen and oxygen atoms in total. The van der Waals surface area contributed by atoms with Crippen molar-refractivity contribution in [1.82, 2.24) is 4.98 Å². The average molecular weight is 262 g/mol. The van der Waals surface area contributed by atoms with Crippen LogP contribution >= 0.6 is 12.4 Å². The van der Waals surface area contributed by atoms with Crippen LogP contribution in [-0.2, 0) is 0 Å². The van der Waals surface area contributed by atoms with Gasteiger partial charge in [0.15, 0.2) is 0 Å². The van der Waals surface area contributed by atoms with Gasteiger partial charge < -0.3 is 20.0 Å². The standard InChI is InChI=1S/C11H19N3O2.ClH/c1-13(6-8-15)10-4-3-5-11(12-10)14(2)7-9-16;/h3-5,15-16H,6-9H2,1-2H3;1H. The van der Waals surface area contributed by atoms with E-state index in [9.17, 15) is 0 Å². The molecule has 0 amide bonds. The number of hydrogen-bond acceptors (Lipinski definition) is 5. The number of halogens is 1. The molecule has 0 saturated heterocycles. The van der Waals surface area contributed by atoms with Gasteiger partial charge in [0.05, 0.1) is 13.2 Å². The molecule has 2 N–H and O–H groups in total. The number of aliphatic hydroxyl groups excluding tert-OH is 2. The molecule has 1 heterocycles. The second kappa shape index (κ2) is 8.11. The van der Waals surface area contributed by atoms with Crippen LogP contribution in [0.1, 0.15) is 0 Å². The van der Waals surface area contributed by atoms with Crippen molar-refractivity contribution in [2.75, 3.05) is 50.2 Å². The van der Waals surface area contributed by atoms with Crippen LogP contribution < -0.4 is 9.80 Å². The number of likely N-dealkylation sites (N-methyl/N-ethyl adjacent to an activating group) is 2. The Morgan fingerprint density at radius 2 is 1.41 bits per heavy atom. The third-order valence-electron chi connectivity index (χ3n) is 2.37. The molecule has 0 radical (unpaired) electrons. The van der Waals surface area contributed by atoms with Crippen molar-refractivity contribution in [3.05, 3.63) is 18.2 Å². The zero-order chi connectivity index (χ0) is 12.0. The van der Waals surface area contributed by atoms with Crippen LogP contribution in [0, 0.1) is 0 Å². The number of hydrogen-bond donors (Lipinski definition) is 2. The SMILES string of the molecule is CN(CCO)c1cccc(N(C)CCO)n1.Cl. The van der Waals surface area contributed by atoms with Gasteiger partial charge in [-0.25, -0.2) is 4.98 Å². The minimum absolute atomic E-state index is 0. The van der Waals surface area contributed by atoms with Crippen molar-refractivity contribution in [2.45, 2.75) is 0 Å². The molecule has 0 bridgehead atoms. The van der Waals surface area contributed by atoms with Crippen molar-refractivity contribution in [1.29, 1.82) is 0 Å². The molecule has 6 heteroatoms. The molecule has 0 aliphatic rings. The molecule has 17 heavy (non-hydrogen) atoms. The normalized spacial score (nSPS) is 9.65. The summed E-state index contributed by atoms with van der Waals surface area (Å²) >= 11 is 0. The second-order valence-corrected chi connectivity index (χ2v) is 3.64. The molecule has 0 aliphatic carbocycles. The molecular weight excluding hydrogens is 242 g/mol. The van der Waals surface area contributed by atoms with Crippen LogP contribution in [0.3, 0.4) is 0 Å². The molecule has 0 unspecified atom stereocenters. The van der Waals surface area contributed by atoms with E-state index in [1.807, 2.05) is 42.1 Å². The molecule has 0 atom stereocenters. The number of pyridine rings is 1. The van der Waals surface area contributed by atoms with Crippen molar-refractivity contribution in [3.8, 4) is 0 Å². The van der Waals surface area contributed by atoms with Gasteiger partial charge in [0.1, 0.15) is 11.6 Å². The summed E-state index contributed by atoms with van der Waals surface area (Å²) in [6.07, 6.45) is 0. The first-order chi connectivity index (χ1) is 7.69. The van der Waals surface area contributed by atoms with Crippen LogP contribution in [0.25, 0.3) is 0 Å². The lowest BCUT2D eigenvalue weighted by Gasteiger charge is -2.21. The Bertz CT molecular complexity index is 298. The van der Waals surface area contributed by atoms with Gasteiger partial charge in [0.2, 0.25) is 0 Å². The number of nitrogens with zero attached hydrogens (tertiary/aromatic N) is 3. The highest BCUT2D eigenvalue weighted by molar-refractivity contribution is 5.85. The van der Waals surface area contributed by atoms with Crippen molar-refractivity contribution in [2.24, 2.45) is 0 Å². The van der Waals surface area contributed by atoms with Crippen LogP contribution in [0.2, 0.25) is 0 Å². The van der Waals surface area contributed by atoms with Gasteiger partial charge in [0.25, 0.3) is 0 Å². The van der Waals surface area contributed by atoms with E-state index in [-0.39, 0.29) is 25.6 Å². The molecule has 0 spiro atoms. The topological polar surface area (TPSA) is 59.8 Å². The van der Waals surface area contributed by atoms with Crippen molar-refractivity contribution >= 4 is 24.0 Å². The van der Waals surface area contributed by atoms with E-state index < -0.39 is 0 Å². The van der Waals surface area contributed by atoms with Crippen LogP contribution in [-0.4, -0.2) is 55.6 Å². The minimum Gasteiger partial charge on any atom is -0.395 e. The lowest BCUT2D eigenvalue weighted by Crippen LogP contribution is -2.25. The number of anilines is 2. The van der Waals surface area contributed by atoms with E-state index in [1.54, 1.807) is 0 Å². The highest BCUT2D eigenvalue weighted by atomic mass is 35.5. The summed E-state index contributed by atoms with van der Waals surface area (Å²) in [5, 5.41) is 17.7. The molecule has 1 rings (SSSR count). The molecule has 0 fully saturated rings. The lowest BCUT2D eigenvalue weighted by molar-refractivity contribution is 0.303. The van der Waals surface area contributed by atoms with Gasteiger partial charge in [-0.1, -0.05) is 6.07 Å². The first kappa shape index (κ1) is 16.0. The van der Waals surface area contributed by atoms with Crippen molar-refractivity contribution in [3.63, 3.8) is 0 Å². The Morgan fingerprint density at radius 1 is 1.00 bits per heavy atom. The van der Waals surface area contributed by atoms with Crippen LogP contribution in [0.5, 0.6) is 0 Å². The van der Waals surface area contributed by atoms with E-state index in [0.717, 1.165) is 11.6 Å². The Labute approximate surface area is 108 Å². The third-order valence-corrected chi connectivity index (χ3v) is 2.37. The highest BCUT2D eigenvalue weighted by Gasteiger charge is 2.05. The van der Waals surface area contributed by atoms with E-state index in [1.165, 1.54) is 0 Å². The zero-order valence-corrected chi connectivity index (χ0v) is 11.0. The van der Waals surface area contributed by atoms with Gasteiger partial charge in [-0.2, -0.15) is 0 Å². The van der Waals surface area contributed by atoms with E-state index >= 15 is 0 Å². The fraction of sp³-hybridized carbons (Fsp3) is 0.545. The third kappa shape index (κ3) is 4.77. The number of rotatable bonds is 6. The first-order valence-electron chi connectivity index (χ1n) is 5.30. The maximum absolute atomic E-state index is 8.85. The fourth-order valence-electron chi connectivity index (χ4n) is 1.37. The highest BCUT2D eigenvalue weighted by Crippen LogP contribution is 2.15. The number of aromatic nitrogens is 1. The molecule has 98 valence electrons. The summed E-state index contributed by atoms with van der Waals surface area (Å²) in [4.78, 5) is 8.21. The molecule has 1 aromatic rings. The van der Waals surface area contributed by atoms with Crippen molar-refractivity contribution < 1.29 is 10.2 Å². The summed E-state index contributed by atoms with van der Waals surface area (Å²) < 4.78 is 0. The van der Waals surface area contributed by atoms with Gasteiger partial charge in [-0.3, -0.25) is 0 Å². The predicted octanol–water partition coefficient (Wildman–Crippen LogP) is 0.360. The largest absolute Gasteiger partial charge is 0.395 e. The average Bonchev–Trinajstić information content (AvgIpc) is 2.30. The Hall–Kier alpha value is -1.04. The van der Waals surface area contributed by atoms with Gasteiger partial charge >= 0.3 is 0 Å². The Kier molecular flexibility index (Phi) is 7.61. The molecule has 0 aliphatic heterocycles. The number of aliphatic hydroxyl groups is 2. The fourth-order valence-corrected chi connectivity index (χ4v) is 1.37. The van der Waals surface area contributed by atoms with Gasteiger partial charge in [-0.05, 0) is 12.1 Å². The molecule has 0 aromatic carbocycles. The summed E-state index contributed by atoms with van der Waals surface area (Å²) in [7, 11) is 3.77. The molecular formula is C11H20ClN3O2.